The molecule has 0 amide bonds. The van der Waals surface area contributed by atoms with Crippen molar-refractivity contribution in [1.82, 2.24) is 4.90 Å². The normalized spacial score (nSPS) is 12.7. The lowest BCUT2D eigenvalue weighted by molar-refractivity contribution is 0.101. The van der Waals surface area contributed by atoms with Gasteiger partial charge in [-0.1, -0.05) is 20.3 Å². The number of aromatic hydroxyl groups is 1. The van der Waals surface area contributed by atoms with E-state index in [4.69, 9.17) is 0 Å². The first kappa shape index (κ1) is 14.7. The molecule has 1 unspecified atom stereocenters. The van der Waals surface area contributed by atoms with Gasteiger partial charge in [-0.3, -0.25) is 4.79 Å². The summed E-state index contributed by atoms with van der Waals surface area (Å²) in [6.45, 7) is 7.57. The molecule has 0 heterocycles. The van der Waals surface area contributed by atoms with Gasteiger partial charge in [0.1, 0.15) is 5.75 Å². The number of carbonyl (C=O) groups is 1. The standard InChI is InChI=1S/C15H23NO2/c1-5-11(2)9-16(4)10-14-8-13(12(3)17)6-7-15(14)18/h6-8,11,18H,5,9-10H2,1-4H3. The maximum atomic E-state index is 11.3. The van der Waals surface area contributed by atoms with E-state index in [1.807, 2.05) is 7.05 Å². The molecule has 0 aliphatic rings. The van der Waals surface area contributed by atoms with Gasteiger partial charge in [0, 0.05) is 24.2 Å². The fraction of sp³-hybridized carbons (Fsp3) is 0.533. The summed E-state index contributed by atoms with van der Waals surface area (Å²) < 4.78 is 0. The summed E-state index contributed by atoms with van der Waals surface area (Å²) in [6, 6.07) is 5.05. The molecule has 1 aromatic rings. The van der Waals surface area contributed by atoms with E-state index in [2.05, 4.69) is 18.7 Å². The topological polar surface area (TPSA) is 40.5 Å². The predicted molar refractivity (Wildman–Crippen MR) is 73.9 cm³/mol. The SMILES string of the molecule is CCC(C)CN(C)Cc1cc(C(C)=O)ccc1O. The van der Waals surface area contributed by atoms with E-state index < -0.39 is 0 Å². The summed E-state index contributed by atoms with van der Waals surface area (Å²) in [7, 11) is 2.03. The number of hydrogen-bond donors (Lipinski definition) is 1. The maximum absolute atomic E-state index is 11.3. The summed E-state index contributed by atoms with van der Waals surface area (Å²) in [5.74, 6) is 0.921. The Bertz CT molecular complexity index is 415. The number of Topliss-reactive ketones (excluding diaryl/α,β-unsaturated/α-hetero) is 1. The minimum absolute atomic E-state index is 0.0285. The molecule has 0 bridgehead atoms. The van der Waals surface area contributed by atoms with Crippen LogP contribution in [-0.2, 0) is 6.54 Å². The van der Waals surface area contributed by atoms with E-state index in [0.29, 0.717) is 18.0 Å². The van der Waals surface area contributed by atoms with Crippen LogP contribution in [0.15, 0.2) is 18.2 Å². The number of ketones is 1. The van der Waals surface area contributed by atoms with Crippen molar-refractivity contribution in [3.05, 3.63) is 29.3 Å². The van der Waals surface area contributed by atoms with Crippen LogP contribution in [0.1, 0.15) is 43.1 Å². The number of carbonyl (C=O) groups excluding carboxylic acids is 1. The molecule has 3 heteroatoms. The zero-order valence-electron chi connectivity index (χ0n) is 11.7. The molecule has 18 heavy (non-hydrogen) atoms. The van der Waals surface area contributed by atoms with Crippen LogP contribution in [0.2, 0.25) is 0 Å². The van der Waals surface area contributed by atoms with Gasteiger partial charge in [0.25, 0.3) is 0 Å². The lowest BCUT2D eigenvalue weighted by Gasteiger charge is -2.21. The van der Waals surface area contributed by atoms with Crippen LogP contribution < -0.4 is 0 Å². The van der Waals surface area contributed by atoms with E-state index in [1.165, 1.54) is 0 Å². The predicted octanol–water partition coefficient (Wildman–Crippen LogP) is 3.07. The zero-order chi connectivity index (χ0) is 13.7. The summed E-state index contributed by atoms with van der Waals surface area (Å²) >= 11 is 0. The van der Waals surface area contributed by atoms with Gasteiger partial charge in [-0.25, -0.2) is 0 Å². The minimum atomic E-state index is 0.0285. The molecule has 3 nitrogen and oxygen atoms in total. The molecule has 0 saturated carbocycles. The van der Waals surface area contributed by atoms with Crippen LogP contribution in [0.25, 0.3) is 0 Å². The number of phenolic OH excluding ortho intramolecular Hbond substituents is 1. The van der Waals surface area contributed by atoms with Crippen molar-refractivity contribution in [2.24, 2.45) is 5.92 Å². The Morgan fingerprint density at radius 3 is 2.67 bits per heavy atom. The summed E-state index contributed by atoms with van der Waals surface area (Å²) in [6.07, 6.45) is 1.14. The Morgan fingerprint density at radius 1 is 1.44 bits per heavy atom. The van der Waals surface area contributed by atoms with Gasteiger partial charge >= 0.3 is 0 Å². The van der Waals surface area contributed by atoms with Crippen molar-refractivity contribution in [3.63, 3.8) is 0 Å². The van der Waals surface area contributed by atoms with Gasteiger partial charge < -0.3 is 10.0 Å². The fourth-order valence-electron chi connectivity index (χ4n) is 1.95. The van der Waals surface area contributed by atoms with Gasteiger partial charge in [0.2, 0.25) is 0 Å². The lowest BCUT2D eigenvalue weighted by Crippen LogP contribution is -2.23. The molecule has 1 N–H and O–H groups in total. The maximum Gasteiger partial charge on any atom is 0.159 e. The van der Waals surface area contributed by atoms with E-state index in [-0.39, 0.29) is 11.5 Å². The molecule has 0 aliphatic heterocycles. The van der Waals surface area contributed by atoms with Crippen LogP contribution >= 0.6 is 0 Å². The quantitative estimate of drug-likeness (QED) is 0.788. The Balaban J connectivity index is 2.77. The molecule has 100 valence electrons. The van der Waals surface area contributed by atoms with Gasteiger partial charge in [-0.2, -0.15) is 0 Å². The van der Waals surface area contributed by atoms with Gasteiger partial charge in [0.15, 0.2) is 5.78 Å². The van der Waals surface area contributed by atoms with Crippen molar-refractivity contribution in [3.8, 4) is 5.75 Å². The number of phenols is 1. The van der Waals surface area contributed by atoms with E-state index in [9.17, 15) is 9.90 Å². The Labute approximate surface area is 109 Å². The Hall–Kier alpha value is -1.35. The van der Waals surface area contributed by atoms with Crippen LogP contribution in [0.5, 0.6) is 5.75 Å². The molecule has 1 aromatic carbocycles. The van der Waals surface area contributed by atoms with E-state index in [1.54, 1.807) is 25.1 Å². The van der Waals surface area contributed by atoms with Crippen molar-refractivity contribution in [2.45, 2.75) is 33.7 Å². The fourth-order valence-corrected chi connectivity index (χ4v) is 1.95. The zero-order valence-corrected chi connectivity index (χ0v) is 11.7. The molecule has 0 radical (unpaired) electrons. The molecule has 0 saturated heterocycles. The molecule has 1 atom stereocenters. The van der Waals surface area contributed by atoms with E-state index in [0.717, 1.165) is 18.5 Å². The first-order valence-electron chi connectivity index (χ1n) is 6.45. The monoisotopic (exact) mass is 249 g/mol. The van der Waals surface area contributed by atoms with Crippen molar-refractivity contribution in [1.29, 1.82) is 0 Å². The van der Waals surface area contributed by atoms with Crippen LogP contribution in [0.4, 0.5) is 0 Å². The average molecular weight is 249 g/mol. The minimum Gasteiger partial charge on any atom is -0.508 e. The van der Waals surface area contributed by atoms with Crippen molar-refractivity contribution >= 4 is 5.78 Å². The number of rotatable bonds is 6. The summed E-state index contributed by atoms with van der Waals surface area (Å²) in [5, 5.41) is 9.82. The molecule has 0 aromatic heterocycles. The third-order valence-corrected chi connectivity index (χ3v) is 3.25. The molecule has 0 fully saturated rings. The van der Waals surface area contributed by atoms with Gasteiger partial charge in [0.05, 0.1) is 0 Å². The highest BCUT2D eigenvalue weighted by Crippen LogP contribution is 2.20. The second kappa shape index (κ2) is 6.55. The highest BCUT2D eigenvalue weighted by molar-refractivity contribution is 5.94. The second-order valence-corrected chi connectivity index (χ2v) is 5.11. The second-order valence-electron chi connectivity index (χ2n) is 5.11. The van der Waals surface area contributed by atoms with Crippen molar-refractivity contribution in [2.75, 3.05) is 13.6 Å². The molecular formula is C15H23NO2. The third-order valence-electron chi connectivity index (χ3n) is 3.25. The van der Waals surface area contributed by atoms with Crippen LogP contribution in [0, 0.1) is 5.92 Å². The number of benzene rings is 1. The first-order valence-corrected chi connectivity index (χ1v) is 6.45. The first-order chi connectivity index (χ1) is 8.43. The van der Waals surface area contributed by atoms with Crippen LogP contribution in [0.3, 0.4) is 0 Å². The highest BCUT2D eigenvalue weighted by atomic mass is 16.3. The van der Waals surface area contributed by atoms with Gasteiger partial charge in [-0.15, -0.1) is 0 Å². The third kappa shape index (κ3) is 4.15. The van der Waals surface area contributed by atoms with Gasteiger partial charge in [-0.05, 0) is 38.1 Å². The number of nitrogens with zero attached hydrogens (tertiary/aromatic N) is 1. The lowest BCUT2D eigenvalue weighted by atomic mass is 10.1. The smallest absolute Gasteiger partial charge is 0.159 e. The number of hydrogen-bond acceptors (Lipinski definition) is 3. The van der Waals surface area contributed by atoms with E-state index >= 15 is 0 Å². The molecule has 0 aliphatic carbocycles. The van der Waals surface area contributed by atoms with Crippen molar-refractivity contribution < 1.29 is 9.90 Å². The van der Waals surface area contributed by atoms with Crippen LogP contribution in [-0.4, -0.2) is 29.4 Å². The Morgan fingerprint density at radius 2 is 2.11 bits per heavy atom. The summed E-state index contributed by atoms with van der Waals surface area (Å²) in [4.78, 5) is 13.5. The summed E-state index contributed by atoms with van der Waals surface area (Å²) in [5.41, 5.74) is 1.47. The molecule has 1 rings (SSSR count). The molecule has 0 spiro atoms. The largest absolute Gasteiger partial charge is 0.508 e. The average Bonchev–Trinajstić information content (AvgIpc) is 2.31. The molecular weight excluding hydrogens is 226 g/mol. The highest BCUT2D eigenvalue weighted by Gasteiger charge is 2.10. The Kier molecular flexibility index (Phi) is 5.35.